The summed E-state index contributed by atoms with van der Waals surface area (Å²) in [6, 6.07) is 10.6. The average molecular weight is 511 g/mol. The van der Waals surface area contributed by atoms with Crippen LogP contribution in [0.5, 0.6) is 0 Å². The molecule has 2 aromatic rings. The highest BCUT2D eigenvalue weighted by Crippen LogP contribution is 2.39. The molecule has 2 aliphatic rings. The van der Waals surface area contributed by atoms with Gasteiger partial charge in [0, 0.05) is 43.1 Å². The Morgan fingerprint density at radius 3 is 3.00 bits per heavy atom. The number of carbonyl (C=O) groups is 1. The lowest BCUT2D eigenvalue weighted by Gasteiger charge is -2.30. The number of halogens is 1. The molecule has 2 heterocycles. The van der Waals surface area contributed by atoms with Crippen LogP contribution in [0.4, 0.5) is 0 Å². The zero-order valence-corrected chi connectivity index (χ0v) is 18.8. The van der Waals surface area contributed by atoms with Crippen molar-refractivity contribution < 1.29 is 4.79 Å². The van der Waals surface area contributed by atoms with Crippen molar-refractivity contribution in [2.24, 2.45) is 8.20 Å². The Kier molecular flexibility index (Phi) is 6.08. The van der Waals surface area contributed by atoms with E-state index in [0.717, 1.165) is 29.8 Å². The summed E-state index contributed by atoms with van der Waals surface area (Å²) in [6.45, 7) is 2.16. The van der Waals surface area contributed by atoms with Crippen molar-refractivity contribution in [1.82, 2.24) is 15.6 Å². The third-order valence-corrected chi connectivity index (χ3v) is 5.80. The van der Waals surface area contributed by atoms with Gasteiger partial charge in [-0.15, -0.1) is 0 Å². The first-order valence-electron chi connectivity index (χ1n) is 9.72. The lowest BCUT2D eigenvalue weighted by atomic mass is 9.77. The molecule has 1 unspecified atom stereocenters. The molecule has 1 aliphatic heterocycles. The van der Waals surface area contributed by atoms with Gasteiger partial charge in [-0.25, -0.2) is 8.20 Å². The monoisotopic (exact) mass is 511 g/mol. The van der Waals surface area contributed by atoms with Crippen molar-refractivity contribution in [3.05, 3.63) is 82.8 Å². The van der Waals surface area contributed by atoms with Crippen molar-refractivity contribution in [2.75, 3.05) is 6.54 Å². The second-order valence-electron chi connectivity index (χ2n) is 7.58. The molecule has 0 radical (unpaired) electrons. The van der Waals surface area contributed by atoms with E-state index in [-0.39, 0.29) is 11.3 Å². The molecule has 1 aliphatic carbocycles. The van der Waals surface area contributed by atoms with E-state index >= 15 is 0 Å². The Hall–Kier alpha value is -2.81. The fraction of sp³-hybridized carbons (Fsp3) is 0.217. The van der Waals surface area contributed by atoms with E-state index < -0.39 is 0 Å². The largest absolute Gasteiger partial charge is 0.355 e. The number of pyridine rings is 1. The average Bonchev–Trinajstić information content (AvgIpc) is 3.35. The van der Waals surface area contributed by atoms with Gasteiger partial charge in [0.2, 0.25) is 5.91 Å². The van der Waals surface area contributed by atoms with Crippen LogP contribution in [0.15, 0.2) is 68.8 Å². The zero-order valence-electron chi connectivity index (χ0n) is 16.6. The van der Waals surface area contributed by atoms with Crippen LogP contribution in [-0.4, -0.2) is 29.6 Å². The summed E-state index contributed by atoms with van der Waals surface area (Å²) in [5.41, 5.74) is 5.67. The molecule has 7 heteroatoms. The predicted molar refractivity (Wildman–Crippen MR) is 129 cm³/mol. The van der Waals surface area contributed by atoms with Gasteiger partial charge in [-0.3, -0.25) is 9.78 Å². The van der Waals surface area contributed by atoms with E-state index in [4.69, 9.17) is 0 Å². The number of aliphatic imine (C=N–C) groups is 1. The van der Waals surface area contributed by atoms with E-state index in [1.165, 1.54) is 23.0 Å². The Morgan fingerprint density at radius 2 is 2.20 bits per heavy atom. The summed E-state index contributed by atoms with van der Waals surface area (Å²) < 4.78 is 3.89. The lowest BCUT2D eigenvalue weighted by molar-refractivity contribution is -0.119. The number of nitrogens with one attached hydrogen (secondary N) is 2. The number of aromatic nitrogens is 1. The van der Waals surface area contributed by atoms with Gasteiger partial charge in [0.05, 0.1) is 22.9 Å². The number of hydrogen-bond donors (Lipinski definition) is 2. The highest BCUT2D eigenvalue weighted by molar-refractivity contribution is 14.1. The first-order valence-corrected chi connectivity index (χ1v) is 10.7. The van der Waals surface area contributed by atoms with Crippen LogP contribution in [0.2, 0.25) is 0 Å². The van der Waals surface area contributed by atoms with Crippen LogP contribution in [0.25, 0.3) is 6.08 Å². The van der Waals surface area contributed by atoms with Crippen molar-refractivity contribution in [2.45, 2.75) is 25.2 Å². The van der Waals surface area contributed by atoms with Crippen LogP contribution in [-0.2, 0) is 23.1 Å². The van der Waals surface area contributed by atoms with Gasteiger partial charge in [0.1, 0.15) is 12.2 Å². The van der Waals surface area contributed by atoms with Gasteiger partial charge in [-0.2, -0.15) is 0 Å². The molecular formula is C23H22IN5O. The SMILES string of the molecule is CC(=O)NCC1(c2cccc(/C=C3\C=CNC3=NC=NI)c2)Cc2ccncc2C1. The summed E-state index contributed by atoms with van der Waals surface area (Å²) in [5.74, 6) is 0.759. The molecular weight excluding hydrogens is 489 g/mol. The Balaban J connectivity index is 1.69. The summed E-state index contributed by atoms with van der Waals surface area (Å²) in [6.07, 6.45) is 13.0. The number of benzene rings is 1. The molecule has 30 heavy (non-hydrogen) atoms. The van der Waals surface area contributed by atoms with E-state index in [9.17, 15) is 4.79 Å². The number of amidine groups is 1. The van der Waals surface area contributed by atoms with Crippen molar-refractivity contribution in [3.63, 3.8) is 0 Å². The van der Waals surface area contributed by atoms with Crippen molar-refractivity contribution >= 4 is 47.0 Å². The molecule has 6 nitrogen and oxygen atoms in total. The quantitative estimate of drug-likeness (QED) is 0.367. The van der Waals surface area contributed by atoms with Crippen LogP contribution in [0, 0.1) is 0 Å². The molecule has 1 aromatic heterocycles. The van der Waals surface area contributed by atoms with Crippen LogP contribution < -0.4 is 10.6 Å². The van der Waals surface area contributed by atoms with Gasteiger partial charge in [0.25, 0.3) is 0 Å². The van der Waals surface area contributed by atoms with Gasteiger partial charge in [0.15, 0.2) is 0 Å². The maximum absolute atomic E-state index is 11.7. The minimum atomic E-state index is -0.180. The van der Waals surface area contributed by atoms with Crippen molar-refractivity contribution in [1.29, 1.82) is 0 Å². The summed E-state index contributed by atoms with van der Waals surface area (Å²) in [7, 11) is 0. The van der Waals surface area contributed by atoms with E-state index in [1.54, 1.807) is 6.92 Å². The number of carbonyl (C=O) groups excluding carboxylic acids is 1. The molecule has 1 aromatic carbocycles. The molecule has 2 N–H and O–H groups in total. The normalized spacial score (nSPS) is 22.6. The first kappa shape index (κ1) is 20.5. The summed E-state index contributed by atoms with van der Waals surface area (Å²) in [4.78, 5) is 20.3. The lowest BCUT2D eigenvalue weighted by Crippen LogP contribution is -2.41. The molecule has 152 valence electrons. The fourth-order valence-electron chi connectivity index (χ4n) is 4.12. The highest BCUT2D eigenvalue weighted by Gasteiger charge is 2.39. The summed E-state index contributed by atoms with van der Waals surface area (Å²) >= 11 is 1.90. The van der Waals surface area contributed by atoms with E-state index in [1.807, 2.05) is 47.5 Å². The Bertz CT molecular complexity index is 1060. The third kappa shape index (κ3) is 4.35. The molecule has 1 atom stereocenters. The number of rotatable bonds is 5. The maximum Gasteiger partial charge on any atom is 0.216 e. The van der Waals surface area contributed by atoms with Crippen LogP contribution in [0.1, 0.15) is 29.2 Å². The minimum Gasteiger partial charge on any atom is -0.355 e. The number of hydrogen-bond acceptors (Lipinski definition) is 3. The number of fused-ring (bicyclic) bond motifs is 1. The van der Waals surface area contributed by atoms with Crippen LogP contribution in [0.3, 0.4) is 0 Å². The van der Waals surface area contributed by atoms with Gasteiger partial charge in [-0.05, 0) is 53.3 Å². The summed E-state index contributed by atoms with van der Waals surface area (Å²) in [5, 5.41) is 6.19. The molecule has 1 amide bonds. The molecule has 0 saturated heterocycles. The second kappa shape index (κ2) is 8.91. The third-order valence-electron chi connectivity index (χ3n) is 5.55. The number of amides is 1. The Morgan fingerprint density at radius 1 is 1.33 bits per heavy atom. The zero-order chi connectivity index (χ0) is 21.0. The maximum atomic E-state index is 11.7. The van der Waals surface area contributed by atoms with E-state index in [0.29, 0.717) is 6.54 Å². The minimum absolute atomic E-state index is 0.0123. The number of nitrogens with zero attached hydrogens (tertiary/aromatic N) is 3. The smallest absolute Gasteiger partial charge is 0.216 e. The standard InChI is InChI=1S/C23H22IN5O/c1-16(30)27-14-23(11-19-5-7-25-13-20(19)12-23)21-4-2-3-17(10-21)9-18-6-8-26-22(18)28-15-29-24/h2-10,13,15H,11-12,14H2,1H3,(H,27,30)(H,26,28,29)/b18-9+. The Labute approximate surface area is 189 Å². The van der Waals surface area contributed by atoms with Gasteiger partial charge < -0.3 is 10.6 Å². The molecule has 0 fully saturated rings. The molecule has 0 spiro atoms. The fourth-order valence-corrected chi connectivity index (χ4v) is 4.25. The topological polar surface area (TPSA) is 78.7 Å². The van der Waals surface area contributed by atoms with Gasteiger partial charge in [-0.1, -0.05) is 24.3 Å². The second-order valence-corrected chi connectivity index (χ2v) is 8.14. The van der Waals surface area contributed by atoms with Crippen LogP contribution >= 0.6 is 22.9 Å². The predicted octanol–water partition coefficient (Wildman–Crippen LogP) is 3.53. The first-order chi connectivity index (χ1) is 14.6. The van der Waals surface area contributed by atoms with E-state index in [2.05, 4.69) is 60.2 Å². The van der Waals surface area contributed by atoms with Gasteiger partial charge >= 0.3 is 0 Å². The highest BCUT2D eigenvalue weighted by atomic mass is 127. The molecule has 0 saturated carbocycles. The molecule has 4 rings (SSSR count). The van der Waals surface area contributed by atoms with Crippen molar-refractivity contribution in [3.8, 4) is 0 Å². The molecule has 0 bridgehead atoms.